The van der Waals surface area contributed by atoms with Gasteiger partial charge in [0.15, 0.2) is 0 Å². The molecule has 0 aliphatic heterocycles. The molecule has 2 aromatic rings. The maximum Gasteiger partial charge on any atom is 0.0632 e. The lowest BCUT2D eigenvalue weighted by molar-refractivity contribution is 0.590. The Labute approximate surface area is 151 Å². The van der Waals surface area contributed by atoms with E-state index in [2.05, 4.69) is 98.1 Å². The second-order valence-corrected chi connectivity index (χ2v) is 8.67. The van der Waals surface area contributed by atoms with Crippen LogP contribution in [-0.4, -0.2) is 0 Å². The van der Waals surface area contributed by atoms with Crippen molar-refractivity contribution in [2.45, 2.75) is 32.7 Å². The number of hydrogen-bond acceptors (Lipinski definition) is 1. The lowest BCUT2D eigenvalue weighted by Gasteiger charge is -2.19. The van der Waals surface area contributed by atoms with E-state index in [1.807, 2.05) is 12.1 Å². The molecule has 2 rings (SSSR count). The predicted molar refractivity (Wildman–Crippen MR) is 102 cm³/mol. The summed E-state index contributed by atoms with van der Waals surface area (Å²) in [6.45, 7) is 7.49. The lowest BCUT2D eigenvalue weighted by Crippen LogP contribution is -2.11. The van der Waals surface area contributed by atoms with Crippen LogP contribution < -0.4 is 5.32 Å². The normalized spacial score (nSPS) is 11.5. The zero-order chi connectivity index (χ0) is 15.6. The molecule has 0 heterocycles. The van der Waals surface area contributed by atoms with Gasteiger partial charge in [0, 0.05) is 20.0 Å². The molecule has 0 aliphatic carbocycles. The first-order valence-corrected chi connectivity index (χ1v) is 9.13. The minimum atomic E-state index is 0.198. The second kappa shape index (κ2) is 6.84. The van der Waals surface area contributed by atoms with E-state index in [1.54, 1.807) is 0 Å². The monoisotopic (exact) mass is 473 g/mol. The van der Waals surface area contributed by atoms with Gasteiger partial charge in [-0.25, -0.2) is 0 Å². The van der Waals surface area contributed by atoms with Crippen LogP contribution in [0.2, 0.25) is 0 Å². The van der Waals surface area contributed by atoms with Crippen LogP contribution in [0.3, 0.4) is 0 Å². The Hall–Kier alpha value is -0.320. The minimum Gasteiger partial charge on any atom is -0.379 e. The Morgan fingerprint density at radius 3 is 1.90 bits per heavy atom. The largest absolute Gasteiger partial charge is 0.379 e. The molecule has 4 heteroatoms. The van der Waals surface area contributed by atoms with E-state index in [4.69, 9.17) is 0 Å². The average Bonchev–Trinajstić information content (AvgIpc) is 2.37. The zero-order valence-electron chi connectivity index (χ0n) is 12.3. The summed E-state index contributed by atoms with van der Waals surface area (Å²) in [6, 6.07) is 12.9. The SMILES string of the molecule is CC(C)(C)c1ccc(CNc2c(Br)cc(Br)cc2Br)cc1. The highest BCUT2D eigenvalue weighted by Gasteiger charge is 2.13. The molecule has 0 bridgehead atoms. The van der Waals surface area contributed by atoms with Crippen molar-refractivity contribution in [3.05, 3.63) is 60.9 Å². The van der Waals surface area contributed by atoms with E-state index in [0.29, 0.717) is 0 Å². The van der Waals surface area contributed by atoms with E-state index in [1.165, 1.54) is 11.1 Å². The molecule has 0 radical (unpaired) electrons. The van der Waals surface area contributed by atoms with E-state index in [9.17, 15) is 0 Å². The summed E-state index contributed by atoms with van der Waals surface area (Å²) in [5.74, 6) is 0. The lowest BCUT2D eigenvalue weighted by atomic mass is 9.87. The number of rotatable bonds is 3. The first-order chi connectivity index (χ1) is 9.77. The van der Waals surface area contributed by atoms with Gasteiger partial charge >= 0.3 is 0 Å². The fraction of sp³-hybridized carbons (Fsp3) is 0.294. The molecule has 21 heavy (non-hydrogen) atoms. The van der Waals surface area contributed by atoms with Crippen LogP contribution in [0.5, 0.6) is 0 Å². The van der Waals surface area contributed by atoms with E-state index in [0.717, 1.165) is 25.7 Å². The molecule has 0 fully saturated rings. The maximum atomic E-state index is 3.59. The van der Waals surface area contributed by atoms with Gasteiger partial charge < -0.3 is 5.32 Å². The summed E-state index contributed by atoms with van der Waals surface area (Å²) in [5.41, 5.74) is 3.89. The fourth-order valence-electron chi connectivity index (χ4n) is 2.02. The van der Waals surface area contributed by atoms with Crippen molar-refractivity contribution in [2.75, 3.05) is 5.32 Å². The molecule has 0 aliphatic rings. The van der Waals surface area contributed by atoms with Crippen molar-refractivity contribution < 1.29 is 0 Å². The first kappa shape index (κ1) is 17.0. The maximum absolute atomic E-state index is 3.59. The summed E-state index contributed by atoms with van der Waals surface area (Å²) in [5, 5.41) is 3.47. The first-order valence-electron chi connectivity index (χ1n) is 6.75. The Balaban J connectivity index is 2.10. The minimum absolute atomic E-state index is 0.198. The summed E-state index contributed by atoms with van der Waals surface area (Å²) in [6.07, 6.45) is 0. The van der Waals surface area contributed by atoms with E-state index in [-0.39, 0.29) is 5.41 Å². The van der Waals surface area contributed by atoms with E-state index >= 15 is 0 Å². The van der Waals surface area contributed by atoms with Gasteiger partial charge in [0.2, 0.25) is 0 Å². The molecule has 0 spiro atoms. The number of halogens is 3. The van der Waals surface area contributed by atoms with Crippen molar-refractivity contribution in [3.63, 3.8) is 0 Å². The van der Waals surface area contributed by atoms with Crippen LogP contribution in [-0.2, 0) is 12.0 Å². The van der Waals surface area contributed by atoms with Gasteiger partial charge in [0.25, 0.3) is 0 Å². The summed E-state index contributed by atoms with van der Waals surface area (Å²) in [4.78, 5) is 0. The van der Waals surface area contributed by atoms with Crippen molar-refractivity contribution in [1.82, 2.24) is 0 Å². The predicted octanol–water partition coefficient (Wildman–Crippen LogP) is 6.88. The molecule has 0 amide bonds. The molecule has 0 unspecified atom stereocenters. The van der Waals surface area contributed by atoms with Crippen LogP contribution in [0.15, 0.2) is 49.8 Å². The Morgan fingerprint density at radius 1 is 0.905 bits per heavy atom. The van der Waals surface area contributed by atoms with Gasteiger partial charge in [-0.3, -0.25) is 0 Å². The highest BCUT2D eigenvalue weighted by molar-refractivity contribution is 9.11. The number of anilines is 1. The third-order valence-electron chi connectivity index (χ3n) is 3.30. The molecule has 112 valence electrons. The average molecular weight is 476 g/mol. The van der Waals surface area contributed by atoms with Gasteiger partial charge in [-0.2, -0.15) is 0 Å². The molecule has 0 aromatic heterocycles. The van der Waals surface area contributed by atoms with Gasteiger partial charge in [0.05, 0.1) is 5.69 Å². The third-order valence-corrected chi connectivity index (χ3v) is 5.00. The fourth-order valence-corrected chi connectivity index (χ4v) is 4.56. The molecule has 0 atom stereocenters. The van der Waals surface area contributed by atoms with Crippen LogP contribution in [0.25, 0.3) is 0 Å². The quantitative estimate of drug-likeness (QED) is 0.510. The van der Waals surface area contributed by atoms with Crippen molar-refractivity contribution in [2.24, 2.45) is 0 Å². The number of hydrogen-bond donors (Lipinski definition) is 1. The topological polar surface area (TPSA) is 12.0 Å². The highest BCUT2D eigenvalue weighted by atomic mass is 79.9. The van der Waals surface area contributed by atoms with Crippen LogP contribution in [0.1, 0.15) is 31.9 Å². The van der Waals surface area contributed by atoms with Crippen molar-refractivity contribution in [3.8, 4) is 0 Å². The molecule has 0 saturated heterocycles. The Kier molecular flexibility index (Phi) is 5.55. The Bertz CT molecular complexity index is 604. The molecular formula is C17H18Br3N. The van der Waals surface area contributed by atoms with Crippen LogP contribution in [0, 0.1) is 0 Å². The highest BCUT2D eigenvalue weighted by Crippen LogP contribution is 2.34. The molecule has 2 aromatic carbocycles. The Morgan fingerprint density at radius 2 is 1.43 bits per heavy atom. The summed E-state index contributed by atoms with van der Waals surface area (Å²) < 4.78 is 3.12. The zero-order valence-corrected chi connectivity index (χ0v) is 17.1. The van der Waals surface area contributed by atoms with Crippen LogP contribution >= 0.6 is 47.8 Å². The third kappa shape index (κ3) is 4.57. The summed E-state index contributed by atoms with van der Waals surface area (Å²) >= 11 is 10.7. The van der Waals surface area contributed by atoms with Gasteiger partial charge in [-0.15, -0.1) is 0 Å². The van der Waals surface area contributed by atoms with Crippen molar-refractivity contribution >= 4 is 53.5 Å². The number of benzene rings is 2. The second-order valence-electron chi connectivity index (χ2n) is 6.04. The smallest absolute Gasteiger partial charge is 0.0632 e. The summed E-state index contributed by atoms with van der Waals surface area (Å²) in [7, 11) is 0. The van der Waals surface area contributed by atoms with E-state index < -0.39 is 0 Å². The molecule has 1 N–H and O–H groups in total. The molecule has 1 nitrogen and oxygen atoms in total. The van der Waals surface area contributed by atoms with Gasteiger partial charge in [-0.1, -0.05) is 61.0 Å². The molecular weight excluding hydrogens is 458 g/mol. The van der Waals surface area contributed by atoms with Gasteiger partial charge in [-0.05, 0) is 60.5 Å². The van der Waals surface area contributed by atoms with Gasteiger partial charge in [0.1, 0.15) is 0 Å². The molecule has 0 saturated carbocycles. The number of nitrogens with one attached hydrogen (secondary N) is 1. The van der Waals surface area contributed by atoms with Crippen LogP contribution in [0.4, 0.5) is 5.69 Å². The standard InChI is InChI=1S/C17H18Br3N/c1-17(2,3)12-6-4-11(5-7-12)10-21-16-14(19)8-13(18)9-15(16)20/h4-9,21H,10H2,1-3H3. The van der Waals surface area contributed by atoms with Crippen molar-refractivity contribution in [1.29, 1.82) is 0 Å².